The van der Waals surface area contributed by atoms with Crippen LogP contribution in [-0.2, 0) is 52.4 Å². The number of methoxy groups -OCH3 is 1. The highest BCUT2D eigenvalue weighted by Gasteiger charge is 2.59. The number of Topliss-reactive ketones (excluding diaryl/α,β-unsaturated/α-hetero) is 1. The van der Waals surface area contributed by atoms with Gasteiger partial charge in [0.2, 0.25) is 5.78 Å². The lowest BCUT2D eigenvalue weighted by Gasteiger charge is -2.47. The summed E-state index contributed by atoms with van der Waals surface area (Å²) in [6, 6.07) is 12.2. The maximum absolute atomic E-state index is 14.5. The Balaban J connectivity index is 1.54. The molecule has 0 amide bonds. The van der Waals surface area contributed by atoms with Gasteiger partial charge in [0.1, 0.15) is 12.0 Å². The predicted molar refractivity (Wildman–Crippen MR) is 233 cm³/mol. The number of ether oxygens (including phenoxy) is 7. The van der Waals surface area contributed by atoms with Crippen LogP contribution in [0.15, 0.2) is 47.6 Å². The molecule has 0 aliphatic carbocycles. The molecule has 0 unspecified atom stereocenters. The van der Waals surface area contributed by atoms with Gasteiger partial charge in [0.25, 0.3) is 0 Å². The van der Waals surface area contributed by atoms with E-state index in [1.54, 1.807) is 52.0 Å². The number of hydrogen-bond donors (Lipinski definition) is 0. The van der Waals surface area contributed by atoms with E-state index in [1.165, 1.54) is 32.3 Å². The highest BCUT2D eigenvalue weighted by atomic mass is 32.1. The number of fused-ring (bicyclic) bond motifs is 1. The van der Waals surface area contributed by atoms with Crippen LogP contribution in [0.25, 0.3) is 0 Å². The molecule has 0 spiro atoms. The standard InChI is InChI=1S/C47H62N2O13S/c1-13-36-47(9)42(61-45(54)62-47)28(4)37(48-56-23-17-20-33-21-22-35(63-33)39(52)32-18-15-14-16-19-32)26(2)25-46(8,55-12)41(29(5)38(51)30(6)43(53)59-36)60-44-40(58-31(7)50)34(49(10)11)24-27(3)57-44/h14-16,18-19,21-22,26-30,34,36,40-42,44H,13,23-25H2,1-12H3/b48-37+/t26-,27-,28+,29+,30-,34+,36-,40-,41-,42-,44+,46-,47-/m1/s1. The van der Waals surface area contributed by atoms with E-state index in [9.17, 15) is 24.0 Å². The molecule has 2 aromatic rings. The first-order valence-corrected chi connectivity index (χ1v) is 22.3. The summed E-state index contributed by atoms with van der Waals surface area (Å²) in [4.78, 5) is 75.9. The summed E-state index contributed by atoms with van der Waals surface area (Å²) in [5.41, 5.74) is -1.75. The summed E-state index contributed by atoms with van der Waals surface area (Å²) < 4.78 is 43.1. The molecule has 0 N–H and O–H groups in total. The second-order valence-corrected chi connectivity index (χ2v) is 18.5. The van der Waals surface area contributed by atoms with Crippen LogP contribution >= 0.6 is 11.3 Å². The molecule has 3 aliphatic rings. The lowest BCUT2D eigenvalue weighted by molar-refractivity contribution is -0.297. The van der Waals surface area contributed by atoms with Crippen molar-refractivity contribution < 1.29 is 62.0 Å². The lowest BCUT2D eigenvalue weighted by atomic mass is 9.74. The number of rotatable bonds is 10. The number of thiophene rings is 1. The average molecular weight is 895 g/mol. The summed E-state index contributed by atoms with van der Waals surface area (Å²) in [7, 11) is 5.26. The Morgan fingerprint density at radius 1 is 0.984 bits per heavy atom. The zero-order valence-corrected chi connectivity index (χ0v) is 39.1. The molecule has 4 heterocycles. The van der Waals surface area contributed by atoms with Gasteiger partial charge in [0, 0.05) is 37.4 Å². The van der Waals surface area contributed by atoms with Gasteiger partial charge in [-0.05, 0) is 73.2 Å². The van der Waals surface area contributed by atoms with Crippen molar-refractivity contribution in [2.75, 3.05) is 27.8 Å². The summed E-state index contributed by atoms with van der Waals surface area (Å²) in [6.45, 7) is 15.2. The molecule has 13 atom stereocenters. The Kier molecular flexibility index (Phi) is 16.4. The number of benzene rings is 1. The molecule has 5 rings (SSSR count). The first-order valence-electron chi connectivity index (χ1n) is 21.5. The predicted octanol–water partition coefficient (Wildman–Crippen LogP) is 6.62. The van der Waals surface area contributed by atoms with Gasteiger partial charge in [-0.3, -0.25) is 19.2 Å². The highest BCUT2D eigenvalue weighted by molar-refractivity contribution is 7.14. The first-order chi connectivity index (χ1) is 29.7. The summed E-state index contributed by atoms with van der Waals surface area (Å²) in [5, 5.41) is 4.63. The zero-order chi connectivity index (χ0) is 46.4. The molecule has 3 fully saturated rings. The third kappa shape index (κ3) is 11.2. The third-order valence-electron chi connectivity index (χ3n) is 12.5. The fourth-order valence-corrected chi connectivity index (χ4v) is 9.90. The molecule has 63 heavy (non-hydrogen) atoms. The first kappa shape index (κ1) is 49.4. The number of carbonyl (C=O) groups is 5. The van der Waals surface area contributed by atoms with Crippen molar-refractivity contribution in [1.29, 1.82) is 0 Å². The van der Waals surface area contributed by atoms with E-state index >= 15 is 0 Å². The number of oxime groups is 1. The minimum absolute atomic E-state index is 0.0939. The van der Waals surface area contributed by atoms with E-state index in [2.05, 4.69) is 17.0 Å². The molecule has 1 aromatic carbocycles. The molecule has 1 aromatic heterocycles. The van der Waals surface area contributed by atoms with E-state index in [-0.39, 0.29) is 37.4 Å². The molecule has 3 aliphatic heterocycles. The third-order valence-corrected chi connectivity index (χ3v) is 13.5. The molecule has 3 saturated heterocycles. The SMILES string of the molecule is CC[C@H]1OC(=O)[C@H](C)C(=O)[C@H](C)[C@@H](O[C@@H]2O[C@H](C)C[C@H](N(C)C)[C@H]2OC(C)=O)[C@](C)(OC)C[C@@H](C)/C(=N\OCC#Cc2ccc(C(=O)c3ccccc3)s2)[C@H](C)[C@H]2OC(=O)O[C@@]21C. The van der Waals surface area contributed by atoms with Crippen LogP contribution in [0.3, 0.4) is 0 Å². The van der Waals surface area contributed by atoms with E-state index in [4.69, 9.17) is 38.0 Å². The number of esters is 2. The molecule has 0 saturated carbocycles. The van der Waals surface area contributed by atoms with Crippen LogP contribution in [0.4, 0.5) is 4.79 Å². The molecular weight excluding hydrogens is 833 g/mol. The van der Waals surface area contributed by atoms with Crippen molar-refractivity contribution in [1.82, 2.24) is 4.90 Å². The van der Waals surface area contributed by atoms with Crippen molar-refractivity contribution in [3.63, 3.8) is 0 Å². The molecule has 344 valence electrons. The number of likely N-dealkylation sites (N-methyl/N-ethyl adjacent to an activating group) is 1. The summed E-state index contributed by atoms with van der Waals surface area (Å²) in [6.07, 6.45) is -5.41. The smallest absolute Gasteiger partial charge is 0.457 e. The van der Waals surface area contributed by atoms with Gasteiger partial charge in [-0.1, -0.05) is 75.0 Å². The lowest BCUT2D eigenvalue weighted by Crippen LogP contribution is -2.60. The highest BCUT2D eigenvalue weighted by Crippen LogP contribution is 2.42. The number of carbonyl (C=O) groups excluding carboxylic acids is 5. The normalized spacial score (nSPS) is 34.7. The Hall–Kier alpha value is -4.66. The van der Waals surface area contributed by atoms with Crippen molar-refractivity contribution in [2.45, 2.75) is 136 Å². The van der Waals surface area contributed by atoms with Crippen molar-refractivity contribution in [3.05, 3.63) is 57.8 Å². The summed E-state index contributed by atoms with van der Waals surface area (Å²) in [5.74, 6) is 0.642. The minimum Gasteiger partial charge on any atom is -0.457 e. The topological polar surface area (TPSA) is 175 Å². The van der Waals surface area contributed by atoms with Crippen LogP contribution in [0.2, 0.25) is 0 Å². The molecule has 0 bridgehead atoms. The van der Waals surface area contributed by atoms with Gasteiger partial charge in [-0.2, -0.15) is 0 Å². The van der Waals surface area contributed by atoms with Crippen molar-refractivity contribution in [3.8, 4) is 11.8 Å². The van der Waals surface area contributed by atoms with Crippen molar-refractivity contribution in [2.24, 2.45) is 28.8 Å². The maximum Gasteiger partial charge on any atom is 0.509 e. The summed E-state index contributed by atoms with van der Waals surface area (Å²) >= 11 is 1.27. The number of hydrogen-bond acceptors (Lipinski definition) is 16. The van der Waals surface area contributed by atoms with Gasteiger partial charge < -0.3 is 42.9 Å². The van der Waals surface area contributed by atoms with Crippen LogP contribution in [0.5, 0.6) is 0 Å². The Bertz CT molecular complexity index is 2060. The fraction of sp³-hybridized carbons (Fsp3) is 0.617. The van der Waals surface area contributed by atoms with Crippen LogP contribution in [0, 0.1) is 35.5 Å². The van der Waals surface area contributed by atoms with Crippen LogP contribution < -0.4 is 0 Å². The number of nitrogens with zero attached hydrogens (tertiary/aromatic N) is 2. The van der Waals surface area contributed by atoms with Crippen LogP contribution in [-0.4, -0.2) is 122 Å². The van der Waals surface area contributed by atoms with Gasteiger partial charge in [-0.25, -0.2) is 4.79 Å². The quantitative estimate of drug-likeness (QED) is 0.0473. The Morgan fingerprint density at radius 2 is 1.68 bits per heavy atom. The zero-order valence-electron chi connectivity index (χ0n) is 38.3. The van der Waals surface area contributed by atoms with E-state index in [0.717, 1.165) is 0 Å². The minimum atomic E-state index is -1.48. The average Bonchev–Trinajstić information content (AvgIpc) is 3.85. The monoisotopic (exact) mass is 894 g/mol. The molecular formula is C47H62N2O13S. The Morgan fingerprint density at radius 3 is 2.32 bits per heavy atom. The fourth-order valence-electron chi connectivity index (χ4n) is 9.06. The largest absolute Gasteiger partial charge is 0.509 e. The Labute approximate surface area is 374 Å². The van der Waals surface area contributed by atoms with E-state index in [0.29, 0.717) is 27.5 Å². The van der Waals surface area contributed by atoms with Gasteiger partial charge >= 0.3 is 18.1 Å². The molecule has 0 radical (unpaired) electrons. The second kappa shape index (κ2) is 20.9. The van der Waals surface area contributed by atoms with Crippen LogP contribution in [0.1, 0.15) is 102 Å². The number of ketones is 2. The molecule has 16 heteroatoms. The van der Waals surface area contributed by atoms with Gasteiger partial charge in [0.15, 0.2) is 36.5 Å². The molecule has 15 nitrogen and oxygen atoms in total. The van der Waals surface area contributed by atoms with E-state index in [1.807, 2.05) is 58.0 Å². The van der Waals surface area contributed by atoms with Gasteiger partial charge in [-0.15, -0.1) is 11.3 Å². The van der Waals surface area contributed by atoms with Crippen molar-refractivity contribution >= 4 is 46.7 Å². The maximum atomic E-state index is 14.5. The van der Waals surface area contributed by atoms with E-state index < -0.39 is 89.5 Å². The number of cyclic esters (lactones) is 1. The second-order valence-electron chi connectivity index (χ2n) is 17.4. The van der Waals surface area contributed by atoms with Gasteiger partial charge in [0.05, 0.1) is 39.3 Å².